The number of hydrogen-bond acceptors (Lipinski definition) is 4. The number of aliphatic hydroxyl groups is 1. The number of carbonyl (C=O) groups is 1. The van der Waals surface area contributed by atoms with Crippen LogP contribution >= 0.6 is 0 Å². The maximum absolute atomic E-state index is 12.5. The van der Waals surface area contributed by atoms with E-state index in [9.17, 15) is 4.79 Å². The summed E-state index contributed by atoms with van der Waals surface area (Å²) in [5.74, 6) is 0.0255. The summed E-state index contributed by atoms with van der Waals surface area (Å²) in [6.45, 7) is 0.921. The lowest BCUT2D eigenvalue weighted by Gasteiger charge is -2.24. The third kappa shape index (κ3) is 3.52. The number of oxime groups is 1. The Labute approximate surface area is 123 Å². The molecule has 114 valence electrons. The summed E-state index contributed by atoms with van der Waals surface area (Å²) in [7, 11) is 0. The van der Waals surface area contributed by atoms with Crippen LogP contribution in [0.3, 0.4) is 0 Å². The summed E-state index contributed by atoms with van der Waals surface area (Å²) in [6.07, 6.45) is 3.55. The first-order chi connectivity index (χ1) is 10.2. The summed E-state index contributed by atoms with van der Waals surface area (Å²) < 4.78 is 0. The molecule has 1 fully saturated rings. The highest BCUT2D eigenvalue weighted by molar-refractivity contribution is 5.99. The van der Waals surface area contributed by atoms with E-state index in [1.54, 1.807) is 24.3 Å². The Kier molecular flexibility index (Phi) is 5.16. The molecule has 1 heterocycles. The molecular weight excluding hydrogens is 270 g/mol. The van der Waals surface area contributed by atoms with Crippen molar-refractivity contribution < 1.29 is 15.1 Å². The number of hydrogen-bond donors (Lipinski definition) is 3. The van der Waals surface area contributed by atoms with E-state index < -0.39 is 0 Å². The van der Waals surface area contributed by atoms with Crippen LogP contribution in [0, 0.1) is 0 Å². The van der Waals surface area contributed by atoms with Crippen molar-refractivity contribution in [1.82, 2.24) is 4.90 Å². The highest BCUT2D eigenvalue weighted by atomic mass is 16.4. The molecule has 1 aliphatic heterocycles. The quantitative estimate of drug-likeness (QED) is 0.328. The van der Waals surface area contributed by atoms with E-state index >= 15 is 0 Å². The second kappa shape index (κ2) is 7.08. The summed E-state index contributed by atoms with van der Waals surface area (Å²) >= 11 is 0. The highest BCUT2D eigenvalue weighted by Gasteiger charge is 2.28. The Hall–Kier alpha value is -2.08. The van der Waals surface area contributed by atoms with Gasteiger partial charge in [0.25, 0.3) is 5.91 Å². The number of nitrogens with two attached hydrogens (primary N) is 1. The van der Waals surface area contributed by atoms with Crippen LogP contribution in [-0.4, -0.2) is 46.1 Å². The fourth-order valence-corrected chi connectivity index (χ4v) is 2.74. The molecule has 21 heavy (non-hydrogen) atoms. The lowest BCUT2D eigenvalue weighted by atomic mass is 10.1. The molecule has 1 unspecified atom stereocenters. The minimum absolute atomic E-state index is 0.00139. The number of benzene rings is 1. The van der Waals surface area contributed by atoms with Crippen LogP contribution < -0.4 is 5.73 Å². The van der Waals surface area contributed by atoms with Crippen molar-refractivity contribution in [2.24, 2.45) is 10.9 Å². The lowest BCUT2D eigenvalue weighted by molar-refractivity contribution is 0.0724. The SMILES string of the molecule is NC(=NO)c1ccc(C(=O)N2CCCC2CCCO)cc1. The number of amidine groups is 1. The lowest BCUT2D eigenvalue weighted by Crippen LogP contribution is -2.35. The standard InChI is InChI=1S/C15H21N3O3/c16-14(17-21)11-5-7-12(8-6-11)15(20)18-9-1-3-13(18)4-2-10-19/h5-8,13,19,21H,1-4,9-10H2,(H2,16,17). The van der Waals surface area contributed by atoms with Gasteiger partial charge in [0, 0.05) is 30.3 Å². The van der Waals surface area contributed by atoms with Gasteiger partial charge in [-0.3, -0.25) is 4.79 Å². The molecule has 6 heteroatoms. The molecule has 2 rings (SSSR count). The largest absolute Gasteiger partial charge is 0.409 e. The van der Waals surface area contributed by atoms with Gasteiger partial charge in [-0.05, 0) is 37.8 Å². The van der Waals surface area contributed by atoms with Crippen LogP contribution in [0.2, 0.25) is 0 Å². The molecule has 0 aromatic heterocycles. The zero-order chi connectivity index (χ0) is 15.2. The molecule has 1 amide bonds. The normalized spacial score (nSPS) is 19.0. The fraction of sp³-hybridized carbons (Fsp3) is 0.467. The third-order valence-corrected chi connectivity index (χ3v) is 3.87. The first-order valence-electron chi connectivity index (χ1n) is 7.17. The minimum Gasteiger partial charge on any atom is -0.409 e. The van der Waals surface area contributed by atoms with Crippen molar-refractivity contribution in [3.05, 3.63) is 35.4 Å². The molecule has 4 N–H and O–H groups in total. The number of rotatable bonds is 5. The van der Waals surface area contributed by atoms with Gasteiger partial charge in [0.05, 0.1) is 0 Å². The van der Waals surface area contributed by atoms with Gasteiger partial charge in [0.15, 0.2) is 5.84 Å². The van der Waals surface area contributed by atoms with E-state index in [-0.39, 0.29) is 24.4 Å². The van der Waals surface area contributed by atoms with E-state index in [0.29, 0.717) is 11.1 Å². The van der Waals surface area contributed by atoms with Gasteiger partial charge in [-0.15, -0.1) is 0 Å². The molecule has 0 bridgehead atoms. The average Bonchev–Trinajstić information content (AvgIpc) is 3.00. The Morgan fingerprint density at radius 3 is 2.62 bits per heavy atom. The molecule has 1 atom stereocenters. The summed E-state index contributed by atoms with van der Waals surface area (Å²) in [6, 6.07) is 6.93. The maximum atomic E-state index is 12.5. The van der Waals surface area contributed by atoms with E-state index in [1.807, 2.05) is 4.90 Å². The second-order valence-corrected chi connectivity index (χ2v) is 5.22. The molecule has 0 radical (unpaired) electrons. The number of nitrogens with zero attached hydrogens (tertiary/aromatic N) is 2. The molecule has 0 saturated carbocycles. The van der Waals surface area contributed by atoms with Gasteiger partial charge < -0.3 is 20.9 Å². The Morgan fingerprint density at radius 1 is 1.33 bits per heavy atom. The van der Waals surface area contributed by atoms with Gasteiger partial charge in [0.1, 0.15) is 0 Å². The smallest absolute Gasteiger partial charge is 0.254 e. The van der Waals surface area contributed by atoms with Crippen LogP contribution in [-0.2, 0) is 0 Å². The van der Waals surface area contributed by atoms with Crippen LogP contribution in [0.15, 0.2) is 29.4 Å². The van der Waals surface area contributed by atoms with Crippen LogP contribution in [0.5, 0.6) is 0 Å². The molecule has 1 saturated heterocycles. The van der Waals surface area contributed by atoms with Crippen LogP contribution in [0.25, 0.3) is 0 Å². The summed E-state index contributed by atoms with van der Waals surface area (Å²) in [4.78, 5) is 14.4. The molecule has 1 aromatic carbocycles. The van der Waals surface area contributed by atoms with Crippen molar-refractivity contribution in [3.63, 3.8) is 0 Å². The Balaban J connectivity index is 2.08. The molecular formula is C15H21N3O3. The average molecular weight is 291 g/mol. The van der Waals surface area contributed by atoms with Gasteiger partial charge in [-0.25, -0.2) is 0 Å². The number of amides is 1. The third-order valence-electron chi connectivity index (χ3n) is 3.87. The predicted octanol–water partition coefficient (Wildman–Crippen LogP) is 1.16. The van der Waals surface area contributed by atoms with Crippen molar-refractivity contribution in [1.29, 1.82) is 0 Å². The predicted molar refractivity (Wildman–Crippen MR) is 79.3 cm³/mol. The van der Waals surface area contributed by atoms with Crippen molar-refractivity contribution in [2.75, 3.05) is 13.2 Å². The minimum atomic E-state index is 0.00139. The zero-order valence-corrected chi connectivity index (χ0v) is 11.9. The van der Waals surface area contributed by atoms with Crippen molar-refractivity contribution in [2.45, 2.75) is 31.7 Å². The first kappa shape index (κ1) is 15.3. The summed E-state index contributed by atoms with van der Waals surface area (Å²) in [5.41, 5.74) is 6.67. The Morgan fingerprint density at radius 2 is 2.00 bits per heavy atom. The number of carbonyl (C=O) groups excluding carboxylic acids is 1. The topological polar surface area (TPSA) is 99.2 Å². The van der Waals surface area contributed by atoms with E-state index in [1.165, 1.54) is 0 Å². The van der Waals surface area contributed by atoms with Gasteiger partial charge in [-0.2, -0.15) is 0 Å². The van der Waals surface area contributed by atoms with Crippen molar-refractivity contribution >= 4 is 11.7 Å². The number of aliphatic hydroxyl groups excluding tert-OH is 1. The first-order valence-corrected chi connectivity index (χ1v) is 7.17. The highest BCUT2D eigenvalue weighted by Crippen LogP contribution is 2.23. The monoisotopic (exact) mass is 291 g/mol. The molecule has 0 aliphatic carbocycles. The van der Waals surface area contributed by atoms with Crippen LogP contribution in [0.1, 0.15) is 41.6 Å². The summed E-state index contributed by atoms with van der Waals surface area (Å²) in [5, 5.41) is 20.5. The number of likely N-dealkylation sites (tertiary alicyclic amines) is 1. The molecule has 1 aromatic rings. The van der Waals surface area contributed by atoms with E-state index in [0.717, 1.165) is 32.2 Å². The molecule has 6 nitrogen and oxygen atoms in total. The maximum Gasteiger partial charge on any atom is 0.254 e. The van der Waals surface area contributed by atoms with E-state index in [4.69, 9.17) is 16.0 Å². The molecule has 1 aliphatic rings. The van der Waals surface area contributed by atoms with Crippen molar-refractivity contribution in [3.8, 4) is 0 Å². The fourth-order valence-electron chi connectivity index (χ4n) is 2.74. The van der Waals surface area contributed by atoms with Gasteiger partial charge in [0.2, 0.25) is 0 Å². The second-order valence-electron chi connectivity index (χ2n) is 5.22. The Bertz CT molecular complexity index is 513. The van der Waals surface area contributed by atoms with Gasteiger partial charge in [-0.1, -0.05) is 17.3 Å². The van der Waals surface area contributed by atoms with E-state index in [2.05, 4.69) is 5.16 Å². The molecule has 0 spiro atoms. The van der Waals surface area contributed by atoms with Crippen LogP contribution in [0.4, 0.5) is 0 Å². The zero-order valence-electron chi connectivity index (χ0n) is 11.9. The van der Waals surface area contributed by atoms with Gasteiger partial charge >= 0.3 is 0 Å².